The highest BCUT2D eigenvalue weighted by molar-refractivity contribution is 6.04. The van der Waals surface area contributed by atoms with Gasteiger partial charge in [0.2, 0.25) is 0 Å². The molecule has 120 valence electrons. The van der Waals surface area contributed by atoms with E-state index < -0.39 is 0 Å². The summed E-state index contributed by atoms with van der Waals surface area (Å²) in [7, 11) is 0. The Labute approximate surface area is 135 Å². The summed E-state index contributed by atoms with van der Waals surface area (Å²) in [5.41, 5.74) is 0.914. The van der Waals surface area contributed by atoms with Crippen molar-refractivity contribution < 1.29 is 14.3 Å². The molecule has 0 bridgehead atoms. The number of nitrogens with one attached hydrogen (secondary N) is 2. The molecule has 2 aromatic carbocycles. The molecule has 0 radical (unpaired) electrons. The van der Waals surface area contributed by atoms with Gasteiger partial charge >= 0.3 is 0 Å². The topological polar surface area (TPSA) is 67.4 Å². The third kappa shape index (κ3) is 5.14. The molecule has 0 aromatic heterocycles. The molecular weight excluding hydrogens is 292 g/mol. The Kier molecular flexibility index (Phi) is 6.17. The van der Waals surface area contributed by atoms with Crippen LogP contribution in [0.15, 0.2) is 54.6 Å². The summed E-state index contributed by atoms with van der Waals surface area (Å²) in [5, 5.41) is 5.51. The molecule has 0 spiro atoms. The van der Waals surface area contributed by atoms with Crippen molar-refractivity contribution in [3.8, 4) is 5.75 Å². The molecule has 23 heavy (non-hydrogen) atoms. The molecule has 2 rings (SSSR count). The number of carbonyl (C=O) groups excluding carboxylic acids is 2. The van der Waals surface area contributed by atoms with Crippen molar-refractivity contribution in [2.75, 3.05) is 18.5 Å². The van der Waals surface area contributed by atoms with Gasteiger partial charge in [-0.25, -0.2) is 0 Å². The maximum Gasteiger partial charge on any atom is 0.262 e. The molecule has 0 aliphatic carbocycles. The van der Waals surface area contributed by atoms with Crippen molar-refractivity contribution in [2.45, 2.75) is 13.3 Å². The predicted octanol–water partition coefficient (Wildman–Crippen LogP) is 2.84. The zero-order valence-electron chi connectivity index (χ0n) is 13.0. The van der Waals surface area contributed by atoms with Gasteiger partial charge < -0.3 is 15.4 Å². The van der Waals surface area contributed by atoms with Crippen molar-refractivity contribution in [3.05, 3.63) is 60.2 Å². The first-order valence-electron chi connectivity index (χ1n) is 7.55. The standard InChI is InChI=1S/C18H20N2O3/c1-2-12-19-18(22)15-10-6-7-11-16(15)20-17(21)13-23-14-8-4-3-5-9-14/h3-11H,2,12-13H2,1H3,(H,19,22)(H,20,21). The Balaban J connectivity index is 1.96. The van der Waals surface area contributed by atoms with Crippen LogP contribution in [0.3, 0.4) is 0 Å². The highest BCUT2D eigenvalue weighted by Crippen LogP contribution is 2.15. The van der Waals surface area contributed by atoms with Crippen molar-refractivity contribution in [3.63, 3.8) is 0 Å². The zero-order valence-corrected chi connectivity index (χ0v) is 13.0. The van der Waals surface area contributed by atoms with Crippen molar-refractivity contribution in [1.82, 2.24) is 5.32 Å². The highest BCUT2D eigenvalue weighted by atomic mass is 16.5. The van der Waals surface area contributed by atoms with E-state index in [9.17, 15) is 9.59 Å². The van der Waals surface area contributed by atoms with E-state index in [0.29, 0.717) is 23.5 Å². The molecule has 0 unspecified atom stereocenters. The summed E-state index contributed by atoms with van der Waals surface area (Å²) in [5.74, 6) is 0.105. The van der Waals surface area contributed by atoms with Crippen molar-refractivity contribution in [2.24, 2.45) is 0 Å². The second-order valence-electron chi connectivity index (χ2n) is 4.95. The lowest BCUT2D eigenvalue weighted by Gasteiger charge is -2.11. The van der Waals surface area contributed by atoms with Gasteiger partial charge in [-0.1, -0.05) is 37.3 Å². The Morgan fingerprint density at radius 3 is 2.43 bits per heavy atom. The normalized spacial score (nSPS) is 9.96. The smallest absolute Gasteiger partial charge is 0.262 e. The van der Waals surface area contributed by atoms with Crippen LogP contribution in [0.5, 0.6) is 5.75 Å². The minimum atomic E-state index is -0.315. The van der Waals surface area contributed by atoms with E-state index in [-0.39, 0.29) is 18.4 Å². The van der Waals surface area contributed by atoms with Crippen LogP contribution in [0.4, 0.5) is 5.69 Å². The SMILES string of the molecule is CCCNC(=O)c1ccccc1NC(=O)COc1ccccc1. The zero-order chi connectivity index (χ0) is 16.5. The number of ether oxygens (including phenoxy) is 1. The fraction of sp³-hybridized carbons (Fsp3) is 0.222. The summed E-state index contributed by atoms with van der Waals surface area (Å²) < 4.78 is 5.39. The Morgan fingerprint density at radius 1 is 1.00 bits per heavy atom. The first-order chi connectivity index (χ1) is 11.2. The van der Waals surface area contributed by atoms with E-state index in [0.717, 1.165) is 6.42 Å². The second kappa shape index (κ2) is 8.58. The van der Waals surface area contributed by atoms with Crippen LogP contribution >= 0.6 is 0 Å². The second-order valence-corrected chi connectivity index (χ2v) is 4.95. The number of amides is 2. The number of carbonyl (C=O) groups is 2. The number of hydrogen-bond acceptors (Lipinski definition) is 3. The number of para-hydroxylation sites is 2. The Morgan fingerprint density at radius 2 is 1.70 bits per heavy atom. The maximum absolute atomic E-state index is 12.1. The van der Waals surface area contributed by atoms with Gasteiger partial charge in [-0.05, 0) is 30.7 Å². The molecular formula is C18H20N2O3. The molecule has 2 N–H and O–H groups in total. The Bertz CT molecular complexity index is 656. The molecule has 0 atom stereocenters. The predicted molar refractivity (Wildman–Crippen MR) is 89.6 cm³/mol. The average molecular weight is 312 g/mol. The van der Waals surface area contributed by atoms with E-state index >= 15 is 0 Å². The van der Waals surface area contributed by atoms with Crippen molar-refractivity contribution >= 4 is 17.5 Å². The summed E-state index contributed by atoms with van der Waals surface area (Å²) >= 11 is 0. The van der Waals surface area contributed by atoms with Crippen LogP contribution in [-0.2, 0) is 4.79 Å². The molecule has 5 heteroatoms. The van der Waals surface area contributed by atoms with Crippen LogP contribution < -0.4 is 15.4 Å². The number of rotatable bonds is 7. The Hall–Kier alpha value is -2.82. The highest BCUT2D eigenvalue weighted by Gasteiger charge is 2.12. The third-order valence-corrected chi connectivity index (χ3v) is 3.09. The molecule has 5 nitrogen and oxygen atoms in total. The van der Waals surface area contributed by atoms with Crippen LogP contribution in [0.1, 0.15) is 23.7 Å². The number of anilines is 1. The summed E-state index contributed by atoms with van der Waals surface area (Å²) in [6.45, 7) is 2.46. The molecule has 0 fully saturated rings. The van der Waals surface area contributed by atoms with Gasteiger partial charge in [0.05, 0.1) is 11.3 Å². The largest absolute Gasteiger partial charge is 0.484 e. The first kappa shape index (κ1) is 16.5. The maximum atomic E-state index is 12.1. The fourth-order valence-electron chi connectivity index (χ4n) is 1.98. The average Bonchev–Trinajstić information content (AvgIpc) is 2.59. The van der Waals surface area contributed by atoms with Gasteiger partial charge in [-0.15, -0.1) is 0 Å². The van der Waals surface area contributed by atoms with Gasteiger partial charge in [0, 0.05) is 6.54 Å². The van der Waals surface area contributed by atoms with Gasteiger partial charge in [0.15, 0.2) is 6.61 Å². The third-order valence-electron chi connectivity index (χ3n) is 3.09. The summed E-state index contributed by atoms with van der Waals surface area (Å²) in [6, 6.07) is 16.0. The lowest BCUT2D eigenvalue weighted by atomic mass is 10.1. The first-order valence-corrected chi connectivity index (χ1v) is 7.55. The summed E-state index contributed by atoms with van der Waals surface area (Å²) in [6.07, 6.45) is 0.852. The van der Waals surface area contributed by atoms with Gasteiger partial charge in [-0.2, -0.15) is 0 Å². The van der Waals surface area contributed by atoms with E-state index in [1.54, 1.807) is 36.4 Å². The van der Waals surface area contributed by atoms with Crippen LogP contribution in [0, 0.1) is 0 Å². The lowest BCUT2D eigenvalue weighted by Crippen LogP contribution is -2.27. The quantitative estimate of drug-likeness (QED) is 0.826. The fourth-order valence-corrected chi connectivity index (χ4v) is 1.98. The van der Waals surface area contributed by atoms with Gasteiger partial charge in [-0.3, -0.25) is 9.59 Å². The monoisotopic (exact) mass is 312 g/mol. The molecule has 2 amide bonds. The summed E-state index contributed by atoms with van der Waals surface area (Å²) in [4.78, 5) is 24.1. The molecule has 2 aromatic rings. The van der Waals surface area contributed by atoms with E-state index in [1.165, 1.54) is 0 Å². The molecule has 0 saturated carbocycles. The van der Waals surface area contributed by atoms with E-state index in [2.05, 4.69) is 10.6 Å². The van der Waals surface area contributed by atoms with Gasteiger partial charge in [0.1, 0.15) is 5.75 Å². The number of benzene rings is 2. The minimum absolute atomic E-state index is 0.116. The van der Waals surface area contributed by atoms with E-state index in [1.807, 2.05) is 25.1 Å². The lowest BCUT2D eigenvalue weighted by molar-refractivity contribution is -0.118. The number of hydrogen-bond donors (Lipinski definition) is 2. The van der Waals surface area contributed by atoms with E-state index in [4.69, 9.17) is 4.74 Å². The molecule has 0 aliphatic rings. The minimum Gasteiger partial charge on any atom is -0.484 e. The molecule has 0 aliphatic heterocycles. The van der Waals surface area contributed by atoms with Gasteiger partial charge in [0.25, 0.3) is 11.8 Å². The van der Waals surface area contributed by atoms with Crippen LogP contribution in [0.2, 0.25) is 0 Å². The molecule has 0 heterocycles. The van der Waals surface area contributed by atoms with Crippen LogP contribution in [0.25, 0.3) is 0 Å². The molecule has 0 saturated heterocycles. The van der Waals surface area contributed by atoms with Crippen LogP contribution in [-0.4, -0.2) is 25.0 Å². The van der Waals surface area contributed by atoms with Crippen molar-refractivity contribution in [1.29, 1.82) is 0 Å².